The predicted octanol–water partition coefficient (Wildman–Crippen LogP) is 1.92. The first-order chi connectivity index (χ1) is 11.0. The summed E-state index contributed by atoms with van der Waals surface area (Å²) in [4.78, 5) is 38.4. The van der Waals surface area contributed by atoms with E-state index in [1.165, 1.54) is 6.42 Å². The summed E-state index contributed by atoms with van der Waals surface area (Å²) in [5.74, 6) is -0.330. The minimum atomic E-state index is -0.439. The molecule has 4 rings (SSSR count). The van der Waals surface area contributed by atoms with Crippen molar-refractivity contribution in [1.82, 2.24) is 4.90 Å². The molecule has 3 fully saturated rings. The standard InChI is InChI=1S/C18H23NO4/c1-10-3-2-4-13(7-10)23-14(20)9-19-17(21)15-11-5-6-12(8-11)16(15)18(19)22/h5-6,10-13,15-16H,2-4,7-9H2,1H3. The minimum Gasteiger partial charge on any atom is -0.461 e. The molecule has 5 nitrogen and oxygen atoms in total. The van der Waals surface area contributed by atoms with E-state index in [4.69, 9.17) is 4.74 Å². The lowest BCUT2D eigenvalue weighted by Gasteiger charge is -2.27. The first-order valence-electron chi connectivity index (χ1n) is 8.77. The minimum absolute atomic E-state index is 0.0589. The molecule has 0 aromatic carbocycles. The normalized spacial score (nSPS) is 41.5. The van der Waals surface area contributed by atoms with Gasteiger partial charge < -0.3 is 4.74 Å². The summed E-state index contributed by atoms with van der Waals surface area (Å²) in [5.41, 5.74) is 0. The van der Waals surface area contributed by atoms with Crippen LogP contribution in [0.15, 0.2) is 12.2 Å². The van der Waals surface area contributed by atoms with Crippen LogP contribution in [0.25, 0.3) is 0 Å². The number of hydrogen-bond donors (Lipinski definition) is 0. The van der Waals surface area contributed by atoms with E-state index in [1.54, 1.807) is 0 Å². The number of nitrogens with zero attached hydrogens (tertiary/aromatic N) is 1. The summed E-state index contributed by atoms with van der Waals surface area (Å²) in [7, 11) is 0. The third-order valence-electron chi connectivity index (χ3n) is 6.04. The van der Waals surface area contributed by atoms with Gasteiger partial charge >= 0.3 is 5.97 Å². The van der Waals surface area contributed by atoms with Crippen molar-refractivity contribution >= 4 is 17.8 Å². The van der Waals surface area contributed by atoms with E-state index >= 15 is 0 Å². The molecular formula is C18H23NO4. The summed E-state index contributed by atoms with van der Waals surface area (Å²) in [6.07, 6.45) is 8.98. The van der Waals surface area contributed by atoms with Crippen LogP contribution in [0.5, 0.6) is 0 Å². The van der Waals surface area contributed by atoms with E-state index in [2.05, 4.69) is 19.1 Å². The van der Waals surface area contributed by atoms with E-state index in [0.717, 1.165) is 30.6 Å². The first kappa shape index (κ1) is 14.9. The molecule has 0 aromatic rings. The number of amides is 2. The zero-order valence-corrected chi connectivity index (χ0v) is 13.4. The number of ether oxygens (including phenoxy) is 1. The Kier molecular flexibility index (Phi) is 3.54. The monoisotopic (exact) mass is 317 g/mol. The molecule has 2 amide bonds. The van der Waals surface area contributed by atoms with Gasteiger partial charge in [-0.1, -0.05) is 25.5 Å². The number of carbonyl (C=O) groups is 3. The quantitative estimate of drug-likeness (QED) is 0.453. The van der Waals surface area contributed by atoms with Crippen LogP contribution >= 0.6 is 0 Å². The summed E-state index contributed by atoms with van der Waals surface area (Å²) >= 11 is 0. The molecule has 0 radical (unpaired) electrons. The van der Waals surface area contributed by atoms with Crippen molar-refractivity contribution in [3.8, 4) is 0 Å². The van der Waals surface area contributed by atoms with Gasteiger partial charge in [0.1, 0.15) is 12.6 Å². The Labute approximate surface area is 136 Å². The number of rotatable bonds is 3. The van der Waals surface area contributed by atoms with Gasteiger partial charge in [0, 0.05) is 0 Å². The zero-order chi connectivity index (χ0) is 16.1. The largest absolute Gasteiger partial charge is 0.461 e. The molecule has 0 aromatic heterocycles. The zero-order valence-electron chi connectivity index (χ0n) is 13.4. The van der Waals surface area contributed by atoms with Gasteiger partial charge in [-0.15, -0.1) is 0 Å². The average molecular weight is 317 g/mol. The molecule has 2 saturated carbocycles. The Hall–Kier alpha value is -1.65. The van der Waals surface area contributed by atoms with Gasteiger partial charge in [-0.05, 0) is 43.4 Å². The van der Waals surface area contributed by atoms with Crippen molar-refractivity contribution in [2.75, 3.05) is 6.54 Å². The predicted molar refractivity (Wildman–Crippen MR) is 81.9 cm³/mol. The number of esters is 1. The Morgan fingerprint density at radius 2 is 1.78 bits per heavy atom. The highest BCUT2D eigenvalue weighted by atomic mass is 16.5. The Morgan fingerprint density at radius 1 is 1.13 bits per heavy atom. The van der Waals surface area contributed by atoms with E-state index in [-0.39, 0.29) is 48.1 Å². The van der Waals surface area contributed by atoms with Crippen LogP contribution in [-0.2, 0) is 19.1 Å². The maximum Gasteiger partial charge on any atom is 0.326 e. The van der Waals surface area contributed by atoms with Gasteiger partial charge in [0.25, 0.3) is 0 Å². The average Bonchev–Trinajstić information content (AvgIpc) is 3.17. The lowest BCUT2D eigenvalue weighted by atomic mass is 9.85. The van der Waals surface area contributed by atoms with Gasteiger partial charge in [-0.25, -0.2) is 0 Å². The van der Waals surface area contributed by atoms with Crippen LogP contribution in [0.4, 0.5) is 0 Å². The van der Waals surface area contributed by atoms with E-state index in [0.29, 0.717) is 5.92 Å². The van der Waals surface area contributed by atoms with Gasteiger partial charge in [-0.3, -0.25) is 19.3 Å². The lowest BCUT2D eigenvalue weighted by molar-refractivity contribution is -0.158. The van der Waals surface area contributed by atoms with Crippen LogP contribution in [0, 0.1) is 29.6 Å². The molecule has 124 valence electrons. The van der Waals surface area contributed by atoms with Crippen molar-refractivity contribution in [2.24, 2.45) is 29.6 Å². The van der Waals surface area contributed by atoms with Crippen LogP contribution in [-0.4, -0.2) is 35.3 Å². The Bertz CT molecular complexity index is 554. The number of allylic oxidation sites excluding steroid dienone is 2. The molecule has 3 aliphatic carbocycles. The fourth-order valence-corrected chi connectivity index (χ4v) is 4.96. The third kappa shape index (κ3) is 2.41. The van der Waals surface area contributed by atoms with Crippen molar-refractivity contribution in [3.63, 3.8) is 0 Å². The molecule has 1 aliphatic heterocycles. The Balaban J connectivity index is 1.39. The highest BCUT2D eigenvalue weighted by Gasteiger charge is 2.59. The highest BCUT2D eigenvalue weighted by molar-refractivity contribution is 6.08. The first-order valence-corrected chi connectivity index (χ1v) is 8.77. The smallest absolute Gasteiger partial charge is 0.326 e. The van der Waals surface area contributed by atoms with Crippen LogP contribution < -0.4 is 0 Å². The number of likely N-dealkylation sites (tertiary alicyclic amines) is 1. The Morgan fingerprint density at radius 3 is 2.39 bits per heavy atom. The SMILES string of the molecule is CC1CCCC(OC(=O)CN2C(=O)C3C4C=CC(C4)C3C2=O)C1. The molecule has 6 unspecified atom stereocenters. The second kappa shape index (κ2) is 5.46. The summed E-state index contributed by atoms with van der Waals surface area (Å²) in [6.45, 7) is 1.95. The maximum absolute atomic E-state index is 12.5. The molecule has 0 spiro atoms. The van der Waals surface area contributed by atoms with Gasteiger partial charge in [0.15, 0.2) is 0 Å². The van der Waals surface area contributed by atoms with Crippen LogP contribution in [0.1, 0.15) is 39.0 Å². The number of imide groups is 1. The second-order valence-corrected chi connectivity index (χ2v) is 7.65. The number of carbonyl (C=O) groups excluding carboxylic acids is 3. The van der Waals surface area contributed by atoms with Gasteiger partial charge in [-0.2, -0.15) is 0 Å². The van der Waals surface area contributed by atoms with Crippen molar-refractivity contribution < 1.29 is 19.1 Å². The maximum atomic E-state index is 12.5. The molecule has 6 atom stereocenters. The van der Waals surface area contributed by atoms with Crippen molar-refractivity contribution in [3.05, 3.63) is 12.2 Å². The highest BCUT2D eigenvalue weighted by Crippen LogP contribution is 2.52. The number of fused-ring (bicyclic) bond motifs is 5. The molecule has 23 heavy (non-hydrogen) atoms. The summed E-state index contributed by atoms with van der Waals surface area (Å²) < 4.78 is 5.51. The fourth-order valence-electron chi connectivity index (χ4n) is 4.96. The lowest BCUT2D eigenvalue weighted by Crippen LogP contribution is -2.39. The fraction of sp³-hybridized carbons (Fsp3) is 0.722. The van der Waals surface area contributed by atoms with E-state index in [9.17, 15) is 14.4 Å². The molecule has 1 saturated heterocycles. The molecule has 0 N–H and O–H groups in total. The van der Waals surface area contributed by atoms with Crippen LogP contribution in [0.2, 0.25) is 0 Å². The second-order valence-electron chi connectivity index (χ2n) is 7.65. The summed E-state index contributed by atoms with van der Waals surface area (Å²) in [5, 5.41) is 0. The van der Waals surface area contributed by atoms with Crippen molar-refractivity contribution in [1.29, 1.82) is 0 Å². The van der Waals surface area contributed by atoms with E-state index in [1.807, 2.05) is 0 Å². The van der Waals surface area contributed by atoms with Crippen molar-refractivity contribution in [2.45, 2.75) is 45.1 Å². The molecule has 5 heteroatoms. The third-order valence-corrected chi connectivity index (χ3v) is 6.04. The molecule has 1 heterocycles. The molecule has 2 bridgehead atoms. The van der Waals surface area contributed by atoms with Gasteiger partial charge in [0.05, 0.1) is 11.8 Å². The summed E-state index contributed by atoms with van der Waals surface area (Å²) in [6, 6.07) is 0. The molecule has 4 aliphatic rings. The topological polar surface area (TPSA) is 63.7 Å². The van der Waals surface area contributed by atoms with E-state index < -0.39 is 5.97 Å². The molecular weight excluding hydrogens is 294 g/mol. The van der Waals surface area contributed by atoms with Gasteiger partial charge in [0.2, 0.25) is 11.8 Å². The van der Waals surface area contributed by atoms with Crippen LogP contribution in [0.3, 0.4) is 0 Å². The number of hydrogen-bond acceptors (Lipinski definition) is 4.